The number of nitrogens with zero attached hydrogens (tertiary/aromatic N) is 1. The molecule has 1 fully saturated rings. The summed E-state index contributed by atoms with van der Waals surface area (Å²) in [5.41, 5.74) is 3.33. The van der Waals surface area contributed by atoms with E-state index in [0.717, 1.165) is 0 Å². The second-order valence-electron chi connectivity index (χ2n) is 8.29. The van der Waals surface area contributed by atoms with Gasteiger partial charge in [-0.25, -0.2) is 0 Å². The first-order chi connectivity index (χ1) is 13.1. The number of rotatable bonds is 2. The fraction of sp³-hybridized carbons (Fsp3) is 0.417. The predicted molar refractivity (Wildman–Crippen MR) is 120 cm³/mol. The number of hydrogen-bond acceptors (Lipinski definition) is 3. The fourth-order valence-electron chi connectivity index (χ4n) is 5.31. The smallest absolute Gasteiger partial charge is 0.0506 e. The maximum Gasteiger partial charge on any atom is 0.0506 e. The largest absolute Gasteiger partial charge is 0.300 e. The lowest BCUT2D eigenvalue weighted by molar-refractivity contribution is 0.0852. The van der Waals surface area contributed by atoms with Gasteiger partial charge in [-0.2, -0.15) is 0 Å². The lowest BCUT2D eigenvalue weighted by Crippen LogP contribution is -2.47. The van der Waals surface area contributed by atoms with E-state index in [-0.39, 0.29) is 5.54 Å². The quantitative estimate of drug-likeness (QED) is 0.494. The van der Waals surface area contributed by atoms with Gasteiger partial charge in [0.2, 0.25) is 0 Å². The minimum atomic E-state index is 0.182. The molecule has 0 N–H and O–H groups in total. The van der Waals surface area contributed by atoms with Crippen molar-refractivity contribution in [2.45, 2.75) is 42.4 Å². The highest BCUT2D eigenvalue weighted by molar-refractivity contribution is 8.00. The second kappa shape index (κ2) is 6.65. The van der Waals surface area contributed by atoms with Crippen LogP contribution in [0.15, 0.2) is 54.6 Å². The van der Waals surface area contributed by atoms with Crippen molar-refractivity contribution in [2.24, 2.45) is 0 Å². The van der Waals surface area contributed by atoms with Crippen molar-refractivity contribution in [3.8, 4) is 0 Å². The third kappa shape index (κ3) is 2.70. The Labute approximate surface area is 170 Å². The van der Waals surface area contributed by atoms with Crippen molar-refractivity contribution >= 4 is 33.2 Å². The minimum Gasteiger partial charge on any atom is -0.300 e. The van der Waals surface area contributed by atoms with Crippen molar-refractivity contribution in [1.29, 1.82) is 0 Å². The molecule has 1 nitrogen and oxygen atoms in total. The van der Waals surface area contributed by atoms with E-state index in [1.54, 1.807) is 10.4 Å². The Morgan fingerprint density at radius 2 is 1.56 bits per heavy atom. The highest BCUT2D eigenvalue weighted by Crippen LogP contribution is 2.59. The number of aryl methyl sites for hydroxylation is 1. The summed E-state index contributed by atoms with van der Waals surface area (Å²) in [6.45, 7) is 0. The second-order valence-corrected chi connectivity index (χ2v) is 10.8. The molecule has 1 saturated carbocycles. The van der Waals surface area contributed by atoms with Crippen molar-refractivity contribution < 1.29 is 0 Å². The topological polar surface area (TPSA) is 3.24 Å². The predicted octanol–water partition coefficient (Wildman–Crippen LogP) is 6.42. The third-order valence-corrected chi connectivity index (χ3v) is 10.0. The summed E-state index contributed by atoms with van der Waals surface area (Å²) in [4.78, 5) is 4.18. The Morgan fingerprint density at radius 3 is 2.30 bits per heavy atom. The van der Waals surface area contributed by atoms with Gasteiger partial charge in [0.25, 0.3) is 0 Å². The van der Waals surface area contributed by atoms with Crippen LogP contribution in [0.25, 0.3) is 10.1 Å². The standard InChI is InChI=1S/C24H27NS2/c1-25(2)23(18-8-4-3-5-9-18)13-15-24(16-14-23)22-20(12-17-26-24)19-10-6-7-11-21(19)27-22/h3-11H,12-17H2,1-2H3. The summed E-state index contributed by atoms with van der Waals surface area (Å²) < 4.78 is 1.82. The first-order valence-electron chi connectivity index (χ1n) is 10.0. The normalized spacial score (nSPS) is 28.0. The van der Waals surface area contributed by atoms with Gasteiger partial charge in [-0.1, -0.05) is 48.5 Å². The minimum absolute atomic E-state index is 0.182. The van der Waals surface area contributed by atoms with E-state index in [0.29, 0.717) is 4.75 Å². The van der Waals surface area contributed by atoms with Crippen LogP contribution >= 0.6 is 23.1 Å². The SMILES string of the molecule is CN(C)C1(c2ccccc2)CCC2(CC1)SCCc1c2sc2ccccc12. The zero-order valence-corrected chi connectivity index (χ0v) is 17.8. The maximum atomic E-state index is 2.48. The molecule has 140 valence electrons. The van der Waals surface area contributed by atoms with Gasteiger partial charge in [0, 0.05) is 15.1 Å². The van der Waals surface area contributed by atoms with E-state index in [1.807, 2.05) is 0 Å². The molecule has 0 bridgehead atoms. The molecule has 1 aromatic heterocycles. The van der Waals surface area contributed by atoms with E-state index in [2.05, 4.69) is 96.7 Å². The van der Waals surface area contributed by atoms with E-state index in [9.17, 15) is 0 Å². The summed E-state index contributed by atoms with van der Waals surface area (Å²) in [7, 11) is 4.54. The molecule has 1 aliphatic heterocycles. The molecule has 0 atom stereocenters. The average Bonchev–Trinajstić information content (AvgIpc) is 3.10. The summed E-state index contributed by atoms with van der Waals surface area (Å²) in [5.74, 6) is 1.27. The monoisotopic (exact) mass is 393 g/mol. The van der Waals surface area contributed by atoms with Crippen LogP contribution in [-0.4, -0.2) is 24.7 Å². The van der Waals surface area contributed by atoms with E-state index >= 15 is 0 Å². The Kier molecular flexibility index (Phi) is 4.38. The molecule has 3 aromatic rings. The van der Waals surface area contributed by atoms with Gasteiger partial charge < -0.3 is 0 Å². The van der Waals surface area contributed by atoms with Gasteiger partial charge in [-0.15, -0.1) is 23.1 Å². The molecular weight excluding hydrogens is 366 g/mol. The molecule has 2 aliphatic rings. The highest BCUT2D eigenvalue weighted by atomic mass is 32.2. The Balaban J connectivity index is 1.53. The van der Waals surface area contributed by atoms with Crippen LogP contribution in [0.1, 0.15) is 41.7 Å². The number of fused-ring (bicyclic) bond motifs is 4. The summed E-state index contributed by atoms with van der Waals surface area (Å²) in [5, 5.41) is 1.52. The summed E-state index contributed by atoms with van der Waals surface area (Å²) in [6, 6.07) is 20.2. The summed E-state index contributed by atoms with van der Waals surface area (Å²) >= 11 is 4.32. The fourth-order valence-corrected chi connectivity index (χ4v) is 8.45. The number of benzene rings is 2. The first-order valence-corrected chi connectivity index (χ1v) is 11.8. The van der Waals surface area contributed by atoms with Crippen molar-refractivity contribution in [3.05, 3.63) is 70.6 Å². The van der Waals surface area contributed by atoms with Crippen LogP contribution in [0, 0.1) is 0 Å². The van der Waals surface area contributed by atoms with Crippen LogP contribution in [0.3, 0.4) is 0 Å². The third-order valence-electron chi connectivity index (χ3n) is 6.89. The van der Waals surface area contributed by atoms with Gasteiger partial charge in [-0.3, -0.25) is 4.90 Å². The molecular formula is C24H27NS2. The van der Waals surface area contributed by atoms with Crippen LogP contribution in [0.5, 0.6) is 0 Å². The number of thiophene rings is 1. The molecule has 27 heavy (non-hydrogen) atoms. The van der Waals surface area contributed by atoms with Gasteiger partial charge in [0.05, 0.1) is 4.75 Å². The maximum absolute atomic E-state index is 2.48. The van der Waals surface area contributed by atoms with E-state index in [1.165, 1.54) is 53.5 Å². The number of hydrogen-bond donors (Lipinski definition) is 0. The average molecular weight is 394 g/mol. The number of thioether (sulfide) groups is 1. The van der Waals surface area contributed by atoms with Crippen LogP contribution in [0.2, 0.25) is 0 Å². The molecule has 0 saturated heterocycles. The molecule has 1 aliphatic carbocycles. The summed E-state index contributed by atoms with van der Waals surface area (Å²) in [6.07, 6.45) is 6.29. The first kappa shape index (κ1) is 17.8. The van der Waals surface area contributed by atoms with Gasteiger partial charge >= 0.3 is 0 Å². The van der Waals surface area contributed by atoms with Crippen molar-refractivity contribution in [1.82, 2.24) is 4.90 Å². The Morgan fingerprint density at radius 1 is 0.852 bits per heavy atom. The Hall–Kier alpha value is -1.29. The zero-order valence-electron chi connectivity index (χ0n) is 16.2. The molecule has 2 heterocycles. The molecule has 0 radical (unpaired) electrons. The van der Waals surface area contributed by atoms with Crippen molar-refractivity contribution in [3.63, 3.8) is 0 Å². The van der Waals surface area contributed by atoms with Crippen LogP contribution in [0.4, 0.5) is 0 Å². The molecule has 2 aromatic carbocycles. The van der Waals surface area contributed by atoms with Gasteiger partial charge in [0.15, 0.2) is 0 Å². The Bertz CT molecular complexity index is 949. The van der Waals surface area contributed by atoms with Crippen molar-refractivity contribution in [2.75, 3.05) is 19.8 Å². The van der Waals surface area contributed by atoms with E-state index in [4.69, 9.17) is 0 Å². The van der Waals surface area contributed by atoms with Gasteiger partial charge in [0.1, 0.15) is 0 Å². The van der Waals surface area contributed by atoms with Crippen LogP contribution in [-0.2, 0) is 16.7 Å². The highest BCUT2D eigenvalue weighted by Gasteiger charge is 2.48. The lowest BCUT2D eigenvalue weighted by Gasteiger charge is -2.50. The van der Waals surface area contributed by atoms with E-state index < -0.39 is 0 Å². The zero-order chi connectivity index (χ0) is 18.5. The molecule has 5 rings (SSSR count). The van der Waals surface area contributed by atoms with Gasteiger partial charge in [-0.05, 0) is 74.5 Å². The molecule has 0 unspecified atom stereocenters. The lowest BCUT2D eigenvalue weighted by atomic mass is 9.70. The molecule has 3 heteroatoms. The van der Waals surface area contributed by atoms with Crippen LogP contribution < -0.4 is 0 Å². The molecule has 1 spiro atoms. The molecule has 0 amide bonds.